The van der Waals surface area contributed by atoms with Crippen molar-refractivity contribution in [2.24, 2.45) is 10.9 Å². The van der Waals surface area contributed by atoms with Gasteiger partial charge in [0, 0.05) is 24.1 Å². The summed E-state index contributed by atoms with van der Waals surface area (Å²) < 4.78 is 13.6. The van der Waals surface area contributed by atoms with Gasteiger partial charge in [0.2, 0.25) is 0 Å². The van der Waals surface area contributed by atoms with E-state index >= 15 is 0 Å². The molecule has 2 atom stereocenters. The van der Waals surface area contributed by atoms with Crippen LogP contribution in [0.1, 0.15) is 24.8 Å². The second-order valence-corrected chi connectivity index (χ2v) is 5.01. The Labute approximate surface area is 93.8 Å². The molecule has 82 valence electrons. The van der Waals surface area contributed by atoms with Crippen LogP contribution in [-0.4, -0.2) is 16.8 Å². The van der Waals surface area contributed by atoms with Crippen molar-refractivity contribution in [2.75, 3.05) is 0 Å². The molecule has 1 saturated carbocycles. The molecule has 2 unspecified atom stereocenters. The number of amidine groups is 1. The summed E-state index contributed by atoms with van der Waals surface area (Å²) in [6.07, 6.45) is 3.76. The first-order chi connectivity index (χ1) is 7.83. The molecule has 2 nitrogen and oxygen atoms in total. The molecule has 3 heteroatoms. The molecule has 1 aliphatic carbocycles. The molecule has 0 spiro atoms. The van der Waals surface area contributed by atoms with E-state index in [4.69, 9.17) is 0 Å². The summed E-state index contributed by atoms with van der Waals surface area (Å²) in [5.41, 5.74) is 1.62. The lowest BCUT2D eigenvalue weighted by Crippen LogP contribution is -2.38. The average Bonchev–Trinajstić information content (AvgIpc) is 2.88. The van der Waals surface area contributed by atoms with Crippen molar-refractivity contribution in [1.82, 2.24) is 4.90 Å². The van der Waals surface area contributed by atoms with Crippen LogP contribution in [0.25, 0.3) is 0 Å². The van der Waals surface area contributed by atoms with Crippen molar-refractivity contribution in [1.29, 1.82) is 0 Å². The van der Waals surface area contributed by atoms with Crippen LogP contribution in [0.2, 0.25) is 0 Å². The molecule has 4 rings (SSSR count). The zero-order chi connectivity index (χ0) is 10.7. The van der Waals surface area contributed by atoms with Gasteiger partial charge in [0.05, 0.1) is 0 Å². The highest BCUT2D eigenvalue weighted by Crippen LogP contribution is 2.44. The maximum Gasteiger partial charge on any atom is 0.149 e. The Morgan fingerprint density at radius 2 is 2.25 bits per heavy atom. The van der Waals surface area contributed by atoms with Crippen LogP contribution < -0.4 is 0 Å². The van der Waals surface area contributed by atoms with E-state index in [0.29, 0.717) is 17.6 Å². The molecule has 1 aromatic carbocycles. The summed E-state index contributed by atoms with van der Waals surface area (Å²) in [6.45, 7) is 0.854. The molecule has 1 aromatic rings. The first-order valence-electron chi connectivity index (χ1n) is 5.95. The molecule has 2 fully saturated rings. The fourth-order valence-corrected chi connectivity index (χ4v) is 3.37. The number of hydrogen-bond acceptors (Lipinski definition) is 2. The molecular weight excluding hydrogens is 203 g/mol. The summed E-state index contributed by atoms with van der Waals surface area (Å²) in [5, 5.41) is 0. The molecule has 2 heterocycles. The van der Waals surface area contributed by atoms with E-state index in [0.717, 1.165) is 17.9 Å². The number of nitrogens with zero attached hydrogens (tertiary/aromatic N) is 2. The Morgan fingerprint density at radius 1 is 1.31 bits per heavy atom. The number of para-hydroxylation sites is 1. The fraction of sp³-hybridized carbons (Fsp3) is 0.462. The van der Waals surface area contributed by atoms with Gasteiger partial charge >= 0.3 is 0 Å². The molecule has 0 N–H and O–H groups in total. The number of benzene rings is 1. The molecule has 0 radical (unpaired) electrons. The molecule has 16 heavy (non-hydrogen) atoms. The average molecular weight is 216 g/mol. The first kappa shape index (κ1) is 8.74. The van der Waals surface area contributed by atoms with Gasteiger partial charge in [0.15, 0.2) is 0 Å². The van der Waals surface area contributed by atoms with E-state index in [-0.39, 0.29) is 5.82 Å². The Balaban J connectivity index is 1.88. The minimum absolute atomic E-state index is 0.174. The number of halogens is 1. The number of fused-ring (bicyclic) bond motifs is 6. The summed E-state index contributed by atoms with van der Waals surface area (Å²) >= 11 is 0. The van der Waals surface area contributed by atoms with Gasteiger partial charge in [-0.2, -0.15) is 0 Å². The van der Waals surface area contributed by atoms with Crippen LogP contribution in [0.5, 0.6) is 0 Å². The fourth-order valence-electron chi connectivity index (χ4n) is 3.37. The van der Waals surface area contributed by atoms with Gasteiger partial charge in [-0.05, 0) is 25.3 Å². The highest BCUT2D eigenvalue weighted by molar-refractivity contribution is 5.92. The largest absolute Gasteiger partial charge is 0.352 e. The lowest BCUT2D eigenvalue weighted by atomic mass is 10.0. The Kier molecular flexibility index (Phi) is 1.55. The lowest BCUT2D eigenvalue weighted by Gasteiger charge is -2.33. The van der Waals surface area contributed by atoms with Crippen molar-refractivity contribution in [3.8, 4) is 0 Å². The van der Waals surface area contributed by atoms with Gasteiger partial charge in [-0.3, -0.25) is 0 Å². The standard InChI is InChI=1S/C13H13FN2/c14-11-3-1-2-9-7-16-10-5-4-8(6-10)13(16)15-12(9)11/h1-3,8,10H,4-7H2. The zero-order valence-electron chi connectivity index (χ0n) is 8.99. The predicted molar refractivity (Wildman–Crippen MR) is 60.2 cm³/mol. The van der Waals surface area contributed by atoms with E-state index < -0.39 is 0 Å². The summed E-state index contributed by atoms with van der Waals surface area (Å²) in [6, 6.07) is 5.94. The van der Waals surface area contributed by atoms with Gasteiger partial charge in [-0.15, -0.1) is 0 Å². The second kappa shape index (κ2) is 2.84. The Morgan fingerprint density at radius 3 is 3.19 bits per heavy atom. The monoisotopic (exact) mass is 216 g/mol. The van der Waals surface area contributed by atoms with Crippen LogP contribution in [0, 0.1) is 11.7 Å². The third kappa shape index (κ3) is 0.984. The first-order valence-corrected chi connectivity index (χ1v) is 5.95. The van der Waals surface area contributed by atoms with Crippen molar-refractivity contribution in [2.45, 2.75) is 31.8 Å². The molecule has 2 bridgehead atoms. The third-order valence-electron chi connectivity index (χ3n) is 4.14. The van der Waals surface area contributed by atoms with E-state index in [1.54, 1.807) is 6.07 Å². The topological polar surface area (TPSA) is 15.6 Å². The minimum Gasteiger partial charge on any atom is -0.352 e. The van der Waals surface area contributed by atoms with Crippen molar-refractivity contribution >= 4 is 11.5 Å². The summed E-state index contributed by atoms with van der Waals surface area (Å²) in [5.74, 6) is 1.57. The SMILES string of the molecule is Fc1cccc2c1N=C1C3CCC(C3)N1C2. The van der Waals surface area contributed by atoms with Crippen LogP contribution in [0.4, 0.5) is 10.1 Å². The second-order valence-electron chi connectivity index (χ2n) is 5.01. The number of rotatable bonds is 0. The van der Waals surface area contributed by atoms with Crippen LogP contribution in [-0.2, 0) is 6.54 Å². The van der Waals surface area contributed by atoms with E-state index in [1.807, 2.05) is 6.07 Å². The lowest BCUT2D eigenvalue weighted by molar-refractivity contribution is 0.316. The maximum atomic E-state index is 13.6. The zero-order valence-corrected chi connectivity index (χ0v) is 8.99. The van der Waals surface area contributed by atoms with Crippen LogP contribution >= 0.6 is 0 Å². The molecule has 2 aliphatic heterocycles. The van der Waals surface area contributed by atoms with E-state index in [2.05, 4.69) is 9.89 Å². The Bertz CT molecular complexity index is 495. The Hall–Kier alpha value is -1.38. The van der Waals surface area contributed by atoms with Crippen molar-refractivity contribution < 1.29 is 4.39 Å². The third-order valence-corrected chi connectivity index (χ3v) is 4.14. The van der Waals surface area contributed by atoms with Gasteiger partial charge in [-0.25, -0.2) is 9.38 Å². The molecule has 0 amide bonds. The number of piperidine rings is 1. The maximum absolute atomic E-state index is 13.6. The van der Waals surface area contributed by atoms with Crippen LogP contribution in [0.3, 0.4) is 0 Å². The highest BCUT2D eigenvalue weighted by atomic mass is 19.1. The van der Waals surface area contributed by atoms with E-state index in [9.17, 15) is 4.39 Å². The molecule has 3 aliphatic rings. The van der Waals surface area contributed by atoms with Gasteiger partial charge in [0.1, 0.15) is 17.3 Å². The predicted octanol–water partition coefficient (Wildman–Crippen LogP) is 2.85. The minimum atomic E-state index is -0.174. The highest BCUT2D eigenvalue weighted by Gasteiger charge is 2.44. The molecular formula is C13H13FN2. The molecule has 1 saturated heterocycles. The van der Waals surface area contributed by atoms with Gasteiger partial charge in [0.25, 0.3) is 0 Å². The van der Waals surface area contributed by atoms with Crippen molar-refractivity contribution in [3.63, 3.8) is 0 Å². The van der Waals surface area contributed by atoms with Gasteiger partial charge < -0.3 is 4.90 Å². The smallest absolute Gasteiger partial charge is 0.149 e. The van der Waals surface area contributed by atoms with Gasteiger partial charge in [-0.1, -0.05) is 12.1 Å². The normalized spacial score (nSPS) is 30.1. The van der Waals surface area contributed by atoms with Crippen molar-refractivity contribution in [3.05, 3.63) is 29.6 Å². The molecule has 0 aromatic heterocycles. The summed E-state index contributed by atoms with van der Waals surface area (Å²) in [7, 11) is 0. The number of hydrogen-bond donors (Lipinski definition) is 0. The summed E-state index contributed by atoms with van der Waals surface area (Å²) in [4.78, 5) is 6.94. The van der Waals surface area contributed by atoms with Crippen LogP contribution in [0.15, 0.2) is 23.2 Å². The quantitative estimate of drug-likeness (QED) is 0.651. The number of aliphatic imine (C=N–C) groups is 1. The van der Waals surface area contributed by atoms with E-state index in [1.165, 1.54) is 25.3 Å².